The number of nitrogens with zero attached hydrogens (tertiary/aromatic N) is 2. The standard InChI is InChI=1S/C16H19FN4O/c17-13-5-1-11(2-6-13)10-19-15-9-14(12-3-4-12)20-16(21-15)18-7-8-22/h1-2,5-6,9,12,22H,3-4,7-8,10H2,(H2,18,19,20,21). The van der Waals surface area contributed by atoms with Crippen LogP contribution in [0.2, 0.25) is 0 Å². The molecule has 2 aromatic rings. The fourth-order valence-electron chi connectivity index (χ4n) is 2.19. The molecule has 1 aromatic heterocycles. The Hall–Kier alpha value is -2.21. The molecule has 1 fully saturated rings. The molecule has 5 nitrogen and oxygen atoms in total. The molecule has 0 spiro atoms. The molecular weight excluding hydrogens is 283 g/mol. The molecule has 1 aromatic carbocycles. The molecule has 6 heteroatoms. The molecule has 1 aliphatic carbocycles. The van der Waals surface area contributed by atoms with E-state index in [1.807, 2.05) is 6.07 Å². The third kappa shape index (κ3) is 3.92. The quantitative estimate of drug-likeness (QED) is 0.733. The van der Waals surface area contributed by atoms with Crippen molar-refractivity contribution in [3.05, 3.63) is 47.4 Å². The lowest BCUT2D eigenvalue weighted by atomic mass is 10.2. The molecule has 1 aliphatic rings. The van der Waals surface area contributed by atoms with Crippen LogP contribution in [-0.2, 0) is 6.54 Å². The highest BCUT2D eigenvalue weighted by Crippen LogP contribution is 2.39. The van der Waals surface area contributed by atoms with Crippen molar-refractivity contribution in [1.29, 1.82) is 0 Å². The number of aliphatic hydroxyl groups excluding tert-OH is 1. The average Bonchev–Trinajstić information content (AvgIpc) is 3.37. The summed E-state index contributed by atoms with van der Waals surface area (Å²) in [6, 6.07) is 8.35. The molecule has 1 heterocycles. The van der Waals surface area contributed by atoms with Gasteiger partial charge in [0.25, 0.3) is 0 Å². The van der Waals surface area contributed by atoms with E-state index in [1.165, 1.54) is 12.1 Å². The van der Waals surface area contributed by atoms with E-state index in [4.69, 9.17) is 5.11 Å². The molecule has 0 bridgehead atoms. The molecule has 1 saturated carbocycles. The molecule has 3 N–H and O–H groups in total. The Labute approximate surface area is 128 Å². The lowest BCUT2D eigenvalue weighted by molar-refractivity contribution is 0.311. The molecule has 0 unspecified atom stereocenters. The minimum absolute atomic E-state index is 0.0371. The molecule has 0 atom stereocenters. The highest BCUT2D eigenvalue weighted by Gasteiger charge is 2.26. The SMILES string of the molecule is OCCNc1nc(NCc2ccc(F)cc2)cc(C2CC2)n1. The van der Waals surface area contributed by atoms with Gasteiger partial charge in [0.15, 0.2) is 0 Å². The van der Waals surface area contributed by atoms with Crippen LogP contribution in [0.15, 0.2) is 30.3 Å². The molecule has 0 aliphatic heterocycles. The maximum atomic E-state index is 12.9. The van der Waals surface area contributed by atoms with Crippen molar-refractivity contribution in [1.82, 2.24) is 9.97 Å². The van der Waals surface area contributed by atoms with Gasteiger partial charge in [0.2, 0.25) is 5.95 Å². The minimum Gasteiger partial charge on any atom is -0.395 e. The molecule has 0 radical (unpaired) electrons. The van der Waals surface area contributed by atoms with Gasteiger partial charge in [-0.2, -0.15) is 4.98 Å². The summed E-state index contributed by atoms with van der Waals surface area (Å²) in [6.07, 6.45) is 2.32. The van der Waals surface area contributed by atoms with Crippen molar-refractivity contribution >= 4 is 11.8 Å². The number of aliphatic hydroxyl groups is 1. The maximum absolute atomic E-state index is 12.9. The van der Waals surface area contributed by atoms with Crippen molar-refractivity contribution in [2.45, 2.75) is 25.3 Å². The zero-order chi connectivity index (χ0) is 15.4. The van der Waals surface area contributed by atoms with Crippen LogP contribution in [0.1, 0.15) is 30.0 Å². The molecule has 116 valence electrons. The number of anilines is 2. The van der Waals surface area contributed by atoms with Gasteiger partial charge in [0.05, 0.1) is 12.3 Å². The van der Waals surface area contributed by atoms with E-state index in [-0.39, 0.29) is 12.4 Å². The molecule has 0 amide bonds. The number of aromatic nitrogens is 2. The highest BCUT2D eigenvalue weighted by atomic mass is 19.1. The van der Waals surface area contributed by atoms with Crippen LogP contribution < -0.4 is 10.6 Å². The van der Waals surface area contributed by atoms with Gasteiger partial charge in [0, 0.05) is 25.1 Å². The van der Waals surface area contributed by atoms with Crippen molar-refractivity contribution in [3.63, 3.8) is 0 Å². The topological polar surface area (TPSA) is 70.1 Å². The smallest absolute Gasteiger partial charge is 0.224 e. The second kappa shape index (κ2) is 6.70. The first kappa shape index (κ1) is 14.7. The Morgan fingerprint density at radius 3 is 2.59 bits per heavy atom. The zero-order valence-electron chi connectivity index (χ0n) is 12.2. The Balaban J connectivity index is 1.70. The van der Waals surface area contributed by atoms with E-state index in [1.54, 1.807) is 12.1 Å². The number of nitrogens with one attached hydrogen (secondary N) is 2. The summed E-state index contributed by atoms with van der Waals surface area (Å²) in [4.78, 5) is 8.87. The average molecular weight is 302 g/mol. The van der Waals surface area contributed by atoms with Crippen LogP contribution >= 0.6 is 0 Å². The second-order valence-electron chi connectivity index (χ2n) is 5.41. The lowest BCUT2D eigenvalue weighted by Crippen LogP contribution is -2.11. The Morgan fingerprint density at radius 2 is 1.91 bits per heavy atom. The largest absolute Gasteiger partial charge is 0.395 e. The Morgan fingerprint density at radius 1 is 1.14 bits per heavy atom. The predicted octanol–water partition coefficient (Wildman–Crippen LogP) is 2.51. The predicted molar refractivity (Wildman–Crippen MR) is 83.3 cm³/mol. The first-order valence-corrected chi connectivity index (χ1v) is 7.46. The monoisotopic (exact) mass is 302 g/mol. The fraction of sp³-hybridized carbons (Fsp3) is 0.375. The Bertz CT molecular complexity index is 629. The van der Waals surface area contributed by atoms with Crippen LogP contribution in [0.4, 0.5) is 16.2 Å². The molecular formula is C16H19FN4O. The van der Waals surface area contributed by atoms with E-state index < -0.39 is 0 Å². The number of halogens is 1. The normalized spacial score (nSPS) is 13.9. The summed E-state index contributed by atoms with van der Waals surface area (Å²) < 4.78 is 12.9. The van der Waals surface area contributed by atoms with E-state index in [2.05, 4.69) is 20.6 Å². The van der Waals surface area contributed by atoms with Gasteiger partial charge in [-0.1, -0.05) is 12.1 Å². The van der Waals surface area contributed by atoms with E-state index in [9.17, 15) is 4.39 Å². The van der Waals surface area contributed by atoms with Gasteiger partial charge >= 0.3 is 0 Å². The van der Waals surface area contributed by atoms with Gasteiger partial charge in [-0.25, -0.2) is 9.37 Å². The summed E-state index contributed by atoms with van der Waals surface area (Å²) in [5, 5.41) is 15.1. The van der Waals surface area contributed by atoms with Crippen LogP contribution in [0.25, 0.3) is 0 Å². The van der Waals surface area contributed by atoms with Gasteiger partial charge in [0.1, 0.15) is 11.6 Å². The maximum Gasteiger partial charge on any atom is 0.224 e. The first-order valence-electron chi connectivity index (χ1n) is 7.46. The summed E-state index contributed by atoms with van der Waals surface area (Å²) in [7, 11) is 0. The molecule has 3 rings (SSSR count). The van der Waals surface area contributed by atoms with Gasteiger partial charge < -0.3 is 15.7 Å². The van der Waals surface area contributed by atoms with Crippen LogP contribution in [0.5, 0.6) is 0 Å². The summed E-state index contributed by atoms with van der Waals surface area (Å²) in [5.41, 5.74) is 2.01. The fourth-order valence-corrected chi connectivity index (χ4v) is 2.19. The first-order chi connectivity index (χ1) is 10.7. The minimum atomic E-state index is -0.239. The van der Waals surface area contributed by atoms with Crippen molar-refractivity contribution in [3.8, 4) is 0 Å². The van der Waals surface area contributed by atoms with Gasteiger partial charge in [-0.15, -0.1) is 0 Å². The molecule has 22 heavy (non-hydrogen) atoms. The van der Waals surface area contributed by atoms with Gasteiger partial charge in [-0.3, -0.25) is 0 Å². The summed E-state index contributed by atoms with van der Waals surface area (Å²) >= 11 is 0. The second-order valence-corrected chi connectivity index (χ2v) is 5.41. The number of hydrogen-bond donors (Lipinski definition) is 3. The van der Waals surface area contributed by atoms with Crippen molar-refractivity contribution in [2.24, 2.45) is 0 Å². The summed E-state index contributed by atoms with van der Waals surface area (Å²) in [6.45, 7) is 1.03. The highest BCUT2D eigenvalue weighted by molar-refractivity contribution is 5.44. The van der Waals surface area contributed by atoms with Crippen LogP contribution in [0, 0.1) is 5.82 Å². The third-order valence-corrected chi connectivity index (χ3v) is 3.52. The lowest BCUT2D eigenvalue weighted by Gasteiger charge is -2.10. The van der Waals surface area contributed by atoms with E-state index in [0.29, 0.717) is 25.0 Å². The number of rotatable bonds is 7. The van der Waals surface area contributed by atoms with Crippen molar-refractivity contribution in [2.75, 3.05) is 23.8 Å². The van der Waals surface area contributed by atoms with Crippen molar-refractivity contribution < 1.29 is 9.50 Å². The summed E-state index contributed by atoms with van der Waals surface area (Å²) in [5.74, 6) is 1.54. The molecule has 0 saturated heterocycles. The van der Waals surface area contributed by atoms with Gasteiger partial charge in [-0.05, 0) is 30.5 Å². The van der Waals surface area contributed by atoms with E-state index >= 15 is 0 Å². The Kier molecular flexibility index (Phi) is 4.48. The van der Waals surface area contributed by atoms with E-state index in [0.717, 1.165) is 29.9 Å². The number of benzene rings is 1. The van der Waals surface area contributed by atoms with Crippen LogP contribution in [-0.4, -0.2) is 28.2 Å². The zero-order valence-corrected chi connectivity index (χ0v) is 12.2. The number of hydrogen-bond acceptors (Lipinski definition) is 5. The van der Waals surface area contributed by atoms with Crippen LogP contribution in [0.3, 0.4) is 0 Å². The third-order valence-electron chi connectivity index (χ3n) is 3.52.